The van der Waals surface area contributed by atoms with Gasteiger partial charge in [-0.2, -0.15) is 0 Å². The van der Waals surface area contributed by atoms with Crippen LogP contribution in [0.15, 0.2) is 12.4 Å². The molecule has 1 heterocycles. The molecule has 1 aromatic rings. The number of nitrogens with zero attached hydrogens (tertiary/aromatic N) is 4. The van der Waals surface area contributed by atoms with Crippen LogP contribution in [0.3, 0.4) is 0 Å². The number of nitrogens with two attached hydrogens (primary N) is 1. The normalized spacial score (nSPS) is 12.3. The third-order valence-electron chi connectivity index (χ3n) is 2.87. The maximum Gasteiger partial charge on any atom is 0.134 e. The summed E-state index contributed by atoms with van der Waals surface area (Å²) in [6.07, 6.45) is 1.59. The molecule has 0 saturated heterocycles. The molecule has 0 aliphatic carbocycles. The fourth-order valence-corrected chi connectivity index (χ4v) is 1.28. The van der Waals surface area contributed by atoms with Gasteiger partial charge in [0.2, 0.25) is 0 Å². The van der Waals surface area contributed by atoms with Gasteiger partial charge in [0.1, 0.15) is 18.0 Å². The van der Waals surface area contributed by atoms with E-state index >= 15 is 0 Å². The van der Waals surface area contributed by atoms with E-state index in [1.807, 2.05) is 20.2 Å². The Balaban J connectivity index is 2.89. The monoisotopic (exact) mass is 223 g/mol. The molecule has 0 saturated carbocycles. The first-order valence-electron chi connectivity index (χ1n) is 5.56. The van der Waals surface area contributed by atoms with Crippen LogP contribution in [0.25, 0.3) is 0 Å². The highest BCUT2D eigenvalue weighted by molar-refractivity contribution is 5.49. The summed E-state index contributed by atoms with van der Waals surface area (Å²) in [4.78, 5) is 12.6. The van der Waals surface area contributed by atoms with E-state index in [0.29, 0.717) is 6.54 Å². The van der Waals surface area contributed by atoms with Gasteiger partial charge in [0.15, 0.2) is 0 Å². The summed E-state index contributed by atoms with van der Waals surface area (Å²) in [6, 6.07) is 2.25. The number of hydrogen-bond donors (Lipinski definition) is 1. The van der Waals surface area contributed by atoms with Gasteiger partial charge in [-0.25, -0.2) is 9.97 Å². The van der Waals surface area contributed by atoms with E-state index in [9.17, 15) is 0 Å². The minimum Gasteiger partial charge on any atom is -0.360 e. The van der Waals surface area contributed by atoms with Crippen molar-refractivity contribution in [3.8, 4) is 0 Å². The molecule has 0 amide bonds. The first kappa shape index (κ1) is 12.7. The van der Waals surface area contributed by atoms with Crippen molar-refractivity contribution < 1.29 is 0 Å². The largest absolute Gasteiger partial charge is 0.360 e. The van der Waals surface area contributed by atoms with Gasteiger partial charge in [-0.1, -0.05) is 0 Å². The van der Waals surface area contributed by atoms with E-state index < -0.39 is 0 Å². The zero-order valence-corrected chi connectivity index (χ0v) is 10.5. The van der Waals surface area contributed by atoms with Crippen molar-refractivity contribution in [3.05, 3.63) is 12.4 Å². The third kappa shape index (κ3) is 2.82. The molecule has 16 heavy (non-hydrogen) atoms. The summed E-state index contributed by atoms with van der Waals surface area (Å²) in [7, 11) is 4.01. The summed E-state index contributed by atoms with van der Waals surface area (Å²) >= 11 is 0. The maximum atomic E-state index is 5.64. The van der Waals surface area contributed by atoms with Crippen LogP contribution in [-0.2, 0) is 0 Å². The van der Waals surface area contributed by atoms with Crippen molar-refractivity contribution in [1.82, 2.24) is 9.97 Å². The Bertz CT molecular complexity index is 328. The second kappa shape index (κ2) is 5.65. The molecule has 0 aromatic carbocycles. The van der Waals surface area contributed by atoms with E-state index in [0.717, 1.165) is 18.2 Å². The van der Waals surface area contributed by atoms with Crippen LogP contribution in [0.5, 0.6) is 0 Å². The molecule has 0 spiro atoms. The number of anilines is 2. The zero-order valence-electron chi connectivity index (χ0n) is 10.5. The first-order valence-corrected chi connectivity index (χ1v) is 5.56. The Labute approximate surface area is 97.3 Å². The number of hydrogen-bond acceptors (Lipinski definition) is 5. The van der Waals surface area contributed by atoms with Gasteiger partial charge in [-0.05, 0) is 13.8 Å². The highest BCUT2D eigenvalue weighted by Gasteiger charge is 2.11. The molecule has 0 aliphatic rings. The van der Waals surface area contributed by atoms with Gasteiger partial charge < -0.3 is 15.5 Å². The zero-order chi connectivity index (χ0) is 12.1. The average molecular weight is 223 g/mol. The molecule has 0 radical (unpaired) electrons. The fourth-order valence-electron chi connectivity index (χ4n) is 1.28. The lowest BCUT2D eigenvalue weighted by atomic mass is 10.3. The van der Waals surface area contributed by atoms with Crippen LogP contribution in [0.2, 0.25) is 0 Å². The second-order valence-corrected chi connectivity index (χ2v) is 3.94. The maximum absolute atomic E-state index is 5.64. The Hall–Kier alpha value is -1.36. The molecule has 5 heteroatoms. The minimum atomic E-state index is 0.273. The van der Waals surface area contributed by atoms with Gasteiger partial charge in [0.25, 0.3) is 0 Å². The summed E-state index contributed by atoms with van der Waals surface area (Å²) in [5.74, 6) is 1.84. The Morgan fingerprint density at radius 3 is 2.50 bits per heavy atom. The average Bonchev–Trinajstić information content (AvgIpc) is 2.36. The van der Waals surface area contributed by atoms with Crippen molar-refractivity contribution in [1.29, 1.82) is 0 Å². The topological polar surface area (TPSA) is 58.3 Å². The number of aromatic nitrogens is 2. The quantitative estimate of drug-likeness (QED) is 0.797. The summed E-state index contributed by atoms with van der Waals surface area (Å²) in [5, 5.41) is 0. The van der Waals surface area contributed by atoms with Crippen LogP contribution in [0.1, 0.15) is 13.8 Å². The summed E-state index contributed by atoms with van der Waals surface area (Å²) in [5.41, 5.74) is 5.64. The lowest BCUT2D eigenvalue weighted by Crippen LogP contribution is -2.36. The number of likely N-dealkylation sites (N-methyl/N-ethyl adjacent to an activating group) is 1. The van der Waals surface area contributed by atoms with Crippen LogP contribution in [0, 0.1) is 0 Å². The van der Waals surface area contributed by atoms with E-state index in [2.05, 4.69) is 33.6 Å². The molecule has 1 unspecified atom stereocenters. The summed E-state index contributed by atoms with van der Waals surface area (Å²) in [6.45, 7) is 5.70. The molecule has 1 rings (SSSR count). The van der Waals surface area contributed by atoms with Crippen LogP contribution in [0.4, 0.5) is 11.6 Å². The Morgan fingerprint density at radius 1 is 1.31 bits per heavy atom. The lowest BCUT2D eigenvalue weighted by molar-refractivity contribution is 0.686. The lowest BCUT2D eigenvalue weighted by Gasteiger charge is -2.25. The van der Waals surface area contributed by atoms with Crippen molar-refractivity contribution >= 4 is 11.6 Å². The SMILES string of the molecule is CCN(C)c1cc(N(C)C(C)CN)ncn1. The highest BCUT2D eigenvalue weighted by Crippen LogP contribution is 2.16. The predicted molar refractivity (Wildman–Crippen MR) is 67.9 cm³/mol. The minimum absolute atomic E-state index is 0.273. The number of rotatable bonds is 5. The Kier molecular flexibility index (Phi) is 4.49. The van der Waals surface area contributed by atoms with Crippen molar-refractivity contribution in [2.24, 2.45) is 5.73 Å². The molecule has 90 valence electrons. The van der Waals surface area contributed by atoms with E-state index in [4.69, 9.17) is 5.73 Å². The molecule has 0 fully saturated rings. The molecular weight excluding hydrogens is 202 g/mol. The van der Waals surface area contributed by atoms with Crippen LogP contribution < -0.4 is 15.5 Å². The third-order valence-corrected chi connectivity index (χ3v) is 2.87. The Morgan fingerprint density at radius 2 is 1.94 bits per heavy atom. The molecule has 0 aliphatic heterocycles. The second-order valence-electron chi connectivity index (χ2n) is 3.94. The van der Waals surface area contributed by atoms with Gasteiger partial charge in [-0.3, -0.25) is 0 Å². The fraction of sp³-hybridized carbons (Fsp3) is 0.636. The molecular formula is C11H21N5. The van der Waals surface area contributed by atoms with E-state index in [1.165, 1.54) is 0 Å². The first-order chi connectivity index (χ1) is 7.60. The molecule has 1 aromatic heterocycles. The highest BCUT2D eigenvalue weighted by atomic mass is 15.2. The smallest absolute Gasteiger partial charge is 0.134 e. The molecule has 1 atom stereocenters. The van der Waals surface area contributed by atoms with Crippen molar-refractivity contribution in [3.63, 3.8) is 0 Å². The predicted octanol–water partition coefficient (Wildman–Crippen LogP) is 0.716. The van der Waals surface area contributed by atoms with Gasteiger partial charge in [0, 0.05) is 39.3 Å². The standard InChI is InChI=1S/C11H21N5/c1-5-15(3)10-6-11(14-8-13-10)16(4)9(2)7-12/h6,8-9H,5,7,12H2,1-4H3. The van der Waals surface area contributed by atoms with Crippen LogP contribution >= 0.6 is 0 Å². The van der Waals surface area contributed by atoms with Crippen LogP contribution in [-0.4, -0.2) is 43.2 Å². The van der Waals surface area contributed by atoms with Gasteiger partial charge in [0.05, 0.1) is 0 Å². The van der Waals surface area contributed by atoms with Crippen molar-refractivity contribution in [2.75, 3.05) is 37.0 Å². The van der Waals surface area contributed by atoms with E-state index in [1.54, 1.807) is 6.33 Å². The molecule has 0 bridgehead atoms. The van der Waals surface area contributed by atoms with Gasteiger partial charge in [-0.15, -0.1) is 0 Å². The van der Waals surface area contributed by atoms with E-state index in [-0.39, 0.29) is 6.04 Å². The van der Waals surface area contributed by atoms with Crippen molar-refractivity contribution in [2.45, 2.75) is 19.9 Å². The molecule has 5 nitrogen and oxygen atoms in total. The van der Waals surface area contributed by atoms with Gasteiger partial charge >= 0.3 is 0 Å². The molecule has 2 N–H and O–H groups in total. The summed E-state index contributed by atoms with van der Waals surface area (Å²) < 4.78 is 0.